The number of hydrogen-bond donors (Lipinski definition) is 1. The van der Waals surface area contributed by atoms with Crippen LogP contribution in [0.1, 0.15) is 46.5 Å². The Morgan fingerprint density at radius 1 is 1.19 bits per heavy atom. The van der Waals surface area contributed by atoms with E-state index in [1.807, 2.05) is 0 Å². The van der Waals surface area contributed by atoms with E-state index in [0.29, 0.717) is 12.1 Å². The van der Waals surface area contributed by atoms with Crippen LogP contribution in [0.3, 0.4) is 0 Å². The van der Waals surface area contributed by atoms with Crippen LogP contribution >= 0.6 is 0 Å². The minimum absolute atomic E-state index is 0.173. The molecule has 0 unspecified atom stereocenters. The number of Topliss-reactive ketones (excluding diaryl/α,β-unsaturated/α-hetero) is 1. The largest absolute Gasteiger partial charge is 0.322 e. The van der Waals surface area contributed by atoms with E-state index in [0.717, 1.165) is 6.07 Å². The molecule has 3 rings (SSSR count). The van der Waals surface area contributed by atoms with Crippen molar-refractivity contribution in [2.45, 2.75) is 24.8 Å². The molecular formula is C15H13F2N3O. The van der Waals surface area contributed by atoms with Crippen molar-refractivity contribution in [1.29, 1.82) is 0 Å². The minimum Gasteiger partial charge on any atom is -0.322 e. The Hall–Kier alpha value is -2.21. The van der Waals surface area contributed by atoms with Crippen molar-refractivity contribution in [3.05, 3.63) is 59.2 Å². The van der Waals surface area contributed by atoms with Gasteiger partial charge < -0.3 is 5.73 Å². The van der Waals surface area contributed by atoms with E-state index in [4.69, 9.17) is 5.73 Å². The fraction of sp³-hybridized carbons (Fsp3) is 0.267. The maximum absolute atomic E-state index is 14.0. The summed E-state index contributed by atoms with van der Waals surface area (Å²) in [6, 6.07) is 3.29. The summed E-state index contributed by atoms with van der Waals surface area (Å²) < 4.78 is 27.4. The number of halogens is 2. The predicted molar refractivity (Wildman–Crippen MR) is 71.6 cm³/mol. The van der Waals surface area contributed by atoms with Crippen molar-refractivity contribution >= 4 is 5.78 Å². The van der Waals surface area contributed by atoms with Crippen LogP contribution in [-0.4, -0.2) is 15.8 Å². The zero-order chi connectivity index (χ0) is 15.0. The lowest BCUT2D eigenvalue weighted by atomic mass is 9.87. The summed E-state index contributed by atoms with van der Waals surface area (Å²) in [5.41, 5.74) is 6.90. The maximum atomic E-state index is 14.0. The van der Waals surface area contributed by atoms with Crippen molar-refractivity contribution < 1.29 is 13.6 Å². The highest BCUT2D eigenvalue weighted by Gasteiger charge is 2.33. The van der Waals surface area contributed by atoms with Gasteiger partial charge >= 0.3 is 0 Å². The molecule has 6 heteroatoms. The highest BCUT2D eigenvalue weighted by Crippen LogP contribution is 2.37. The lowest BCUT2D eigenvalue weighted by Gasteiger charge is -2.22. The quantitative estimate of drug-likeness (QED) is 0.819. The van der Waals surface area contributed by atoms with Crippen LogP contribution in [0.5, 0.6) is 0 Å². The zero-order valence-corrected chi connectivity index (χ0v) is 11.1. The van der Waals surface area contributed by atoms with Crippen LogP contribution in [0.4, 0.5) is 8.78 Å². The van der Waals surface area contributed by atoms with Gasteiger partial charge in [-0.25, -0.2) is 13.8 Å². The molecule has 0 aliphatic heterocycles. The lowest BCUT2D eigenvalue weighted by Crippen LogP contribution is -2.22. The van der Waals surface area contributed by atoms with Crippen molar-refractivity contribution in [1.82, 2.24) is 9.97 Å². The molecule has 1 aliphatic rings. The van der Waals surface area contributed by atoms with Crippen molar-refractivity contribution in [2.75, 3.05) is 0 Å². The number of rotatable bonds is 1. The third kappa shape index (κ3) is 2.31. The monoisotopic (exact) mass is 289 g/mol. The summed E-state index contributed by atoms with van der Waals surface area (Å²) in [5.74, 6) is -2.53. The number of carbonyl (C=O) groups is 1. The van der Waals surface area contributed by atoms with Crippen molar-refractivity contribution in [3.8, 4) is 0 Å². The van der Waals surface area contributed by atoms with Gasteiger partial charge in [0.05, 0.1) is 11.7 Å². The Morgan fingerprint density at radius 2 is 1.95 bits per heavy atom. The first-order valence-corrected chi connectivity index (χ1v) is 6.63. The van der Waals surface area contributed by atoms with Crippen molar-refractivity contribution in [3.63, 3.8) is 0 Å². The molecule has 2 atom stereocenters. The first-order chi connectivity index (χ1) is 10.1. The number of nitrogens with two attached hydrogens (primary N) is 1. The molecule has 21 heavy (non-hydrogen) atoms. The first-order valence-electron chi connectivity index (χ1n) is 6.63. The fourth-order valence-corrected chi connectivity index (χ4v) is 2.74. The van der Waals surface area contributed by atoms with Crippen LogP contribution in [-0.2, 0) is 0 Å². The highest BCUT2D eigenvalue weighted by molar-refractivity contribution is 5.95. The summed E-state index contributed by atoms with van der Waals surface area (Å²) in [5, 5.41) is 0. The smallest absolute Gasteiger partial charge is 0.183 e. The van der Waals surface area contributed by atoms with Gasteiger partial charge in [-0.3, -0.25) is 9.78 Å². The van der Waals surface area contributed by atoms with E-state index in [1.54, 1.807) is 0 Å². The van der Waals surface area contributed by atoms with Crippen LogP contribution in [0, 0.1) is 11.6 Å². The number of fused-ring (bicyclic) bond motifs is 1. The van der Waals surface area contributed by atoms with Crippen LogP contribution in [0.15, 0.2) is 30.6 Å². The average molecular weight is 289 g/mol. The van der Waals surface area contributed by atoms with Crippen LogP contribution in [0.2, 0.25) is 0 Å². The molecule has 0 amide bonds. The number of benzene rings is 1. The molecule has 0 radical (unpaired) electrons. The summed E-state index contributed by atoms with van der Waals surface area (Å²) in [4.78, 5) is 20.2. The molecule has 108 valence electrons. The Kier molecular flexibility index (Phi) is 3.47. The second-order valence-electron chi connectivity index (χ2n) is 5.03. The first kappa shape index (κ1) is 13.8. The Bertz CT molecular complexity index is 705. The molecule has 0 saturated heterocycles. The molecule has 2 N–H and O–H groups in total. The van der Waals surface area contributed by atoms with Crippen LogP contribution < -0.4 is 5.73 Å². The van der Waals surface area contributed by atoms with Crippen LogP contribution in [0.25, 0.3) is 0 Å². The molecule has 0 fully saturated rings. The predicted octanol–water partition coefficient (Wildman–Crippen LogP) is 2.51. The average Bonchev–Trinajstić information content (AvgIpc) is 2.62. The number of aromatic nitrogens is 2. The molecule has 1 aliphatic carbocycles. The molecule has 2 aromatic rings. The van der Waals surface area contributed by atoms with E-state index in [2.05, 4.69) is 9.97 Å². The Labute approximate surface area is 120 Å². The lowest BCUT2D eigenvalue weighted by molar-refractivity contribution is 0.0975. The van der Waals surface area contributed by atoms with E-state index in [-0.39, 0.29) is 23.5 Å². The third-order valence-corrected chi connectivity index (χ3v) is 3.80. The molecule has 0 bridgehead atoms. The standard InChI is InChI=1S/C15H13F2N3O/c16-10-3-1-2-8(12(10)17)9-4-5-11(21)14-15(13(9)18)20-7-6-19-14/h1-3,6-7,9,13H,4-5,18H2/t9-,13-/m0/s1. The van der Waals surface area contributed by atoms with Gasteiger partial charge in [0.2, 0.25) is 0 Å². The van der Waals surface area contributed by atoms with Gasteiger partial charge in [-0.05, 0) is 18.1 Å². The van der Waals surface area contributed by atoms with Gasteiger partial charge in [-0.2, -0.15) is 0 Å². The van der Waals surface area contributed by atoms with Gasteiger partial charge in [0.15, 0.2) is 17.4 Å². The van der Waals surface area contributed by atoms with Gasteiger partial charge in [0.25, 0.3) is 0 Å². The number of hydrogen-bond acceptors (Lipinski definition) is 4. The number of ketones is 1. The van der Waals surface area contributed by atoms with E-state index in [9.17, 15) is 13.6 Å². The molecule has 4 nitrogen and oxygen atoms in total. The summed E-state index contributed by atoms with van der Waals surface area (Å²) in [7, 11) is 0. The fourth-order valence-electron chi connectivity index (χ4n) is 2.74. The van der Waals surface area contributed by atoms with Gasteiger partial charge in [-0.15, -0.1) is 0 Å². The second-order valence-corrected chi connectivity index (χ2v) is 5.03. The maximum Gasteiger partial charge on any atom is 0.183 e. The zero-order valence-electron chi connectivity index (χ0n) is 11.1. The molecule has 1 aromatic carbocycles. The molecular weight excluding hydrogens is 276 g/mol. The van der Waals surface area contributed by atoms with Gasteiger partial charge in [-0.1, -0.05) is 12.1 Å². The SMILES string of the molecule is N[C@@H]1c2nccnc2C(=O)CC[C@H]1c1cccc(F)c1F. The molecule has 0 saturated carbocycles. The number of nitrogens with zero attached hydrogens (tertiary/aromatic N) is 2. The second kappa shape index (κ2) is 5.29. The summed E-state index contributed by atoms with van der Waals surface area (Å²) in [6.45, 7) is 0. The summed E-state index contributed by atoms with van der Waals surface area (Å²) >= 11 is 0. The highest BCUT2D eigenvalue weighted by atomic mass is 19.2. The molecule has 1 heterocycles. The normalized spacial score (nSPS) is 21.8. The Morgan fingerprint density at radius 3 is 2.76 bits per heavy atom. The Balaban J connectivity index is 2.10. The van der Waals surface area contributed by atoms with E-state index >= 15 is 0 Å². The summed E-state index contributed by atoms with van der Waals surface area (Å²) in [6.07, 6.45) is 3.38. The van der Waals surface area contributed by atoms with Crippen molar-refractivity contribution in [2.24, 2.45) is 5.73 Å². The van der Waals surface area contributed by atoms with Gasteiger partial charge in [0.1, 0.15) is 5.69 Å². The van der Waals surface area contributed by atoms with E-state index < -0.39 is 23.6 Å². The molecule has 1 aromatic heterocycles. The number of carbonyl (C=O) groups excluding carboxylic acids is 1. The van der Waals surface area contributed by atoms with Gasteiger partial charge in [0, 0.05) is 24.7 Å². The minimum atomic E-state index is -0.922. The molecule has 0 spiro atoms. The third-order valence-electron chi connectivity index (χ3n) is 3.80. The van der Waals surface area contributed by atoms with E-state index in [1.165, 1.54) is 24.5 Å². The topological polar surface area (TPSA) is 68.9 Å².